The first-order chi connectivity index (χ1) is 8.16. The third-order valence-corrected chi connectivity index (χ3v) is 2.73. The molecule has 0 aliphatic heterocycles. The Balaban J connectivity index is 2.20. The largest absolute Gasteiger partial charge is 0.305 e. The minimum atomic E-state index is -0.316. The molecule has 0 unspecified atom stereocenters. The maximum atomic E-state index is 11.8. The van der Waals surface area contributed by atoms with Crippen LogP contribution in [0.2, 0.25) is 0 Å². The molecule has 17 heavy (non-hydrogen) atoms. The van der Waals surface area contributed by atoms with Crippen LogP contribution < -0.4 is 10.9 Å². The fourth-order valence-electron chi connectivity index (χ4n) is 1.24. The monoisotopic (exact) mass is 293 g/mol. The number of aromatic amines is 1. The van der Waals surface area contributed by atoms with E-state index in [1.807, 2.05) is 6.07 Å². The van der Waals surface area contributed by atoms with Crippen LogP contribution in [-0.2, 0) is 0 Å². The van der Waals surface area contributed by atoms with E-state index in [2.05, 4.69) is 31.4 Å². The van der Waals surface area contributed by atoms with Crippen LogP contribution in [0.3, 0.4) is 0 Å². The molecule has 86 valence electrons. The highest BCUT2D eigenvalue weighted by molar-refractivity contribution is 9.10. The van der Waals surface area contributed by atoms with Crippen LogP contribution in [0.4, 0.5) is 5.82 Å². The fraction of sp³-hybridized carbons (Fsp3) is 0. The average molecular weight is 294 g/mol. The molecule has 1 heterocycles. The van der Waals surface area contributed by atoms with Gasteiger partial charge < -0.3 is 5.32 Å². The minimum absolute atomic E-state index is 0.294. The molecule has 5 nitrogen and oxygen atoms in total. The number of hydrogen-bond donors (Lipinski definition) is 2. The Morgan fingerprint density at radius 3 is 2.65 bits per heavy atom. The summed E-state index contributed by atoms with van der Waals surface area (Å²) < 4.78 is 0.696. The number of carbonyl (C=O) groups is 1. The lowest BCUT2D eigenvalue weighted by Crippen LogP contribution is -2.16. The van der Waals surface area contributed by atoms with Crippen molar-refractivity contribution in [1.82, 2.24) is 10.2 Å². The highest BCUT2D eigenvalue weighted by Crippen LogP contribution is 2.16. The first kappa shape index (κ1) is 11.5. The summed E-state index contributed by atoms with van der Waals surface area (Å²) in [6.45, 7) is 0. The van der Waals surface area contributed by atoms with Crippen LogP contribution in [-0.4, -0.2) is 16.1 Å². The maximum Gasteiger partial charge on any atom is 0.264 e. The molecule has 1 aromatic heterocycles. The Hall–Kier alpha value is -1.95. The first-order valence-corrected chi connectivity index (χ1v) is 5.58. The van der Waals surface area contributed by atoms with E-state index in [-0.39, 0.29) is 11.5 Å². The zero-order valence-electron chi connectivity index (χ0n) is 8.61. The second kappa shape index (κ2) is 4.92. The van der Waals surface area contributed by atoms with Crippen LogP contribution >= 0.6 is 15.9 Å². The Bertz CT molecular complexity index is 589. The van der Waals surface area contributed by atoms with E-state index in [1.54, 1.807) is 18.2 Å². The van der Waals surface area contributed by atoms with Crippen molar-refractivity contribution in [3.05, 3.63) is 56.8 Å². The molecule has 2 aromatic rings. The summed E-state index contributed by atoms with van der Waals surface area (Å²) >= 11 is 3.28. The standard InChI is InChI=1S/C11H8BrN3O2/c12-8-4-2-1-3-7(8)11(17)13-9-5-6-10(16)15-14-9/h1-6H,(H,15,16)(H,13,14,17). The summed E-state index contributed by atoms with van der Waals surface area (Å²) in [7, 11) is 0. The van der Waals surface area contributed by atoms with Gasteiger partial charge in [0.25, 0.3) is 11.5 Å². The second-order valence-corrected chi connectivity index (χ2v) is 4.09. The average Bonchev–Trinajstić information content (AvgIpc) is 2.32. The van der Waals surface area contributed by atoms with Crippen molar-refractivity contribution in [2.75, 3.05) is 5.32 Å². The number of aromatic nitrogens is 2. The van der Waals surface area contributed by atoms with E-state index in [9.17, 15) is 9.59 Å². The maximum absolute atomic E-state index is 11.8. The molecular formula is C11H8BrN3O2. The van der Waals surface area contributed by atoms with Crippen LogP contribution in [0.1, 0.15) is 10.4 Å². The van der Waals surface area contributed by atoms with Crippen LogP contribution in [0.25, 0.3) is 0 Å². The summed E-state index contributed by atoms with van der Waals surface area (Å²) in [6.07, 6.45) is 0. The molecule has 0 fully saturated rings. The van der Waals surface area contributed by atoms with Crippen molar-refractivity contribution >= 4 is 27.7 Å². The first-order valence-electron chi connectivity index (χ1n) is 4.78. The number of H-pyrrole nitrogens is 1. The second-order valence-electron chi connectivity index (χ2n) is 3.24. The zero-order valence-corrected chi connectivity index (χ0v) is 10.2. The lowest BCUT2D eigenvalue weighted by Gasteiger charge is -2.04. The van der Waals surface area contributed by atoms with Gasteiger partial charge in [0.2, 0.25) is 0 Å². The zero-order chi connectivity index (χ0) is 12.3. The molecule has 0 saturated carbocycles. The minimum Gasteiger partial charge on any atom is -0.305 e. The summed E-state index contributed by atoms with van der Waals surface area (Å²) in [6, 6.07) is 9.77. The third-order valence-electron chi connectivity index (χ3n) is 2.04. The topological polar surface area (TPSA) is 74.8 Å². The normalized spacial score (nSPS) is 9.94. The van der Waals surface area contributed by atoms with Crippen LogP contribution in [0.15, 0.2) is 45.7 Å². The van der Waals surface area contributed by atoms with Gasteiger partial charge in [0.15, 0.2) is 5.82 Å². The van der Waals surface area contributed by atoms with Gasteiger partial charge in [0.1, 0.15) is 0 Å². The van der Waals surface area contributed by atoms with Gasteiger partial charge >= 0.3 is 0 Å². The van der Waals surface area contributed by atoms with Crippen molar-refractivity contribution < 1.29 is 4.79 Å². The van der Waals surface area contributed by atoms with E-state index in [1.165, 1.54) is 12.1 Å². The molecule has 1 aromatic carbocycles. The number of hydrogen-bond acceptors (Lipinski definition) is 3. The highest BCUT2D eigenvalue weighted by Gasteiger charge is 2.09. The van der Waals surface area contributed by atoms with Crippen molar-refractivity contribution in [1.29, 1.82) is 0 Å². The number of halogens is 1. The number of rotatable bonds is 2. The third kappa shape index (κ3) is 2.79. The van der Waals surface area contributed by atoms with Crippen molar-refractivity contribution in [2.24, 2.45) is 0 Å². The molecule has 0 aliphatic carbocycles. The van der Waals surface area contributed by atoms with Gasteiger partial charge in [-0.2, -0.15) is 5.10 Å². The molecule has 6 heteroatoms. The van der Waals surface area contributed by atoms with Gasteiger partial charge in [-0.15, -0.1) is 0 Å². The predicted molar refractivity (Wildman–Crippen MR) is 67.0 cm³/mol. The van der Waals surface area contributed by atoms with Gasteiger partial charge in [-0.05, 0) is 34.1 Å². The number of nitrogens with zero attached hydrogens (tertiary/aromatic N) is 1. The van der Waals surface area contributed by atoms with Gasteiger partial charge in [-0.25, -0.2) is 5.10 Å². The molecule has 1 amide bonds. The van der Waals surface area contributed by atoms with E-state index < -0.39 is 0 Å². The Labute approximate surface area is 105 Å². The summed E-state index contributed by atoms with van der Waals surface area (Å²) in [4.78, 5) is 22.6. The Kier molecular flexibility index (Phi) is 3.34. The lowest BCUT2D eigenvalue weighted by molar-refractivity contribution is 0.102. The molecule has 0 atom stereocenters. The molecular weight excluding hydrogens is 286 g/mol. The van der Waals surface area contributed by atoms with Crippen LogP contribution in [0, 0.1) is 0 Å². The Morgan fingerprint density at radius 2 is 2.00 bits per heavy atom. The quantitative estimate of drug-likeness (QED) is 0.886. The van der Waals surface area contributed by atoms with E-state index in [0.717, 1.165) is 0 Å². The smallest absolute Gasteiger partial charge is 0.264 e. The number of amides is 1. The molecule has 2 N–H and O–H groups in total. The predicted octanol–water partition coefficient (Wildman–Crippen LogP) is 1.78. The van der Waals surface area contributed by atoms with Crippen molar-refractivity contribution in [3.8, 4) is 0 Å². The SMILES string of the molecule is O=C(Nc1ccc(=O)[nH]n1)c1ccccc1Br. The van der Waals surface area contributed by atoms with E-state index >= 15 is 0 Å². The number of benzene rings is 1. The summed E-state index contributed by atoms with van der Waals surface area (Å²) in [5.74, 6) is 0.00220. The van der Waals surface area contributed by atoms with Gasteiger partial charge in [0.05, 0.1) is 5.56 Å². The fourth-order valence-corrected chi connectivity index (χ4v) is 1.71. The molecule has 0 bridgehead atoms. The van der Waals surface area contributed by atoms with Crippen molar-refractivity contribution in [3.63, 3.8) is 0 Å². The highest BCUT2D eigenvalue weighted by atomic mass is 79.9. The lowest BCUT2D eigenvalue weighted by atomic mass is 10.2. The summed E-state index contributed by atoms with van der Waals surface area (Å²) in [5.41, 5.74) is 0.185. The number of anilines is 1. The molecule has 0 saturated heterocycles. The van der Waals surface area contributed by atoms with Gasteiger partial charge in [-0.1, -0.05) is 12.1 Å². The molecule has 2 rings (SSSR count). The molecule has 0 aliphatic rings. The van der Waals surface area contributed by atoms with Gasteiger partial charge in [0, 0.05) is 10.5 Å². The van der Waals surface area contributed by atoms with Crippen molar-refractivity contribution in [2.45, 2.75) is 0 Å². The Morgan fingerprint density at radius 1 is 1.24 bits per heavy atom. The molecule has 0 radical (unpaired) electrons. The summed E-state index contributed by atoms with van der Waals surface area (Å²) in [5, 5.41) is 8.50. The van der Waals surface area contributed by atoms with Gasteiger partial charge in [-0.3, -0.25) is 9.59 Å². The van der Waals surface area contributed by atoms with E-state index in [0.29, 0.717) is 15.9 Å². The van der Waals surface area contributed by atoms with Crippen LogP contribution in [0.5, 0.6) is 0 Å². The number of nitrogens with one attached hydrogen (secondary N) is 2. The van der Waals surface area contributed by atoms with E-state index in [4.69, 9.17) is 0 Å². The number of carbonyl (C=O) groups excluding carboxylic acids is 1. The molecule has 0 spiro atoms.